The quantitative estimate of drug-likeness (QED) is 0.838. The first-order valence-electron chi connectivity index (χ1n) is 6.38. The third-order valence-corrected chi connectivity index (χ3v) is 4.30. The molecule has 0 aliphatic rings. The second-order valence-corrected chi connectivity index (χ2v) is 6.70. The molecule has 0 bridgehead atoms. The lowest BCUT2D eigenvalue weighted by molar-refractivity contribution is 0.415. The van der Waals surface area contributed by atoms with Gasteiger partial charge in [-0.1, -0.05) is 11.6 Å². The van der Waals surface area contributed by atoms with Gasteiger partial charge in [-0.25, -0.2) is 8.42 Å². The van der Waals surface area contributed by atoms with Crippen LogP contribution >= 0.6 is 11.6 Å². The Bertz CT molecular complexity index is 750. The minimum atomic E-state index is -3.36. The molecule has 0 aliphatic carbocycles. The van der Waals surface area contributed by atoms with Gasteiger partial charge in [0.1, 0.15) is 5.75 Å². The normalized spacial score (nSPS) is 11.0. The summed E-state index contributed by atoms with van der Waals surface area (Å²) in [5.41, 5.74) is 0.710. The molecule has 0 amide bonds. The van der Waals surface area contributed by atoms with Crippen LogP contribution in [0.2, 0.25) is 5.02 Å². The maximum absolute atomic E-state index is 11.4. The Balaban J connectivity index is 2.10. The summed E-state index contributed by atoms with van der Waals surface area (Å²) < 4.78 is 30.2. The van der Waals surface area contributed by atoms with Crippen molar-refractivity contribution in [1.82, 2.24) is 10.2 Å². The van der Waals surface area contributed by atoms with E-state index in [4.69, 9.17) is 16.3 Å². The summed E-state index contributed by atoms with van der Waals surface area (Å²) in [6.07, 6.45) is 0. The lowest BCUT2D eigenvalue weighted by Crippen LogP contribution is -2.15. The van der Waals surface area contributed by atoms with Crippen LogP contribution in [0.25, 0.3) is 0 Å². The van der Waals surface area contributed by atoms with Crippen LogP contribution in [0.4, 0.5) is 17.3 Å². The van der Waals surface area contributed by atoms with Gasteiger partial charge in [0.15, 0.2) is 11.6 Å². The summed E-state index contributed by atoms with van der Waals surface area (Å²) >= 11 is 6.03. The van der Waals surface area contributed by atoms with E-state index in [2.05, 4.69) is 20.2 Å². The number of nitrogens with one attached hydrogen (secondary N) is 2. The Labute approximate surface area is 133 Å². The predicted molar refractivity (Wildman–Crippen MR) is 86.4 cm³/mol. The van der Waals surface area contributed by atoms with Crippen molar-refractivity contribution < 1.29 is 13.2 Å². The first-order valence-corrected chi connectivity index (χ1v) is 8.41. The minimum absolute atomic E-state index is 0.0287. The van der Waals surface area contributed by atoms with E-state index in [-0.39, 0.29) is 11.6 Å². The first kappa shape index (κ1) is 16.3. The maximum atomic E-state index is 11.4. The van der Waals surface area contributed by atoms with Crippen LogP contribution in [0.3, 0.4) is 0 Å². The Morgan fingerprint density at radius 3 is 2.41 bits per heavy atom. The second kappa shape index (κ2) is 6.80. The van der Waals surface area contributed by atoms with Crippen LogP contribution < -0.4 is 14.8 Å². The number of anilines is 3. The Kier molecular flexibility index (Phi) is 5.04. The summed E-state index contributed by atoms with van der Waals surface area (Å²) in [7, 11) is -1.82. The van der Waals surface area contributed by atoms with Crippen molar-refractivity contribution in [2.24, 2.45) is 0 Å². The van der Waals surface area contributed by atoms with Crippen LogP contribution in [-0.4, -0.2) is 31.5 Å². The van der Waals surface area contributed by atoms with E-state index in [0.29, 0.717) is 22.3 Å². The standard InChI is InChI=1S/C13H15ClN4O3S/c1-3-22(19,20)18-13-7-6-12(16-17-13)15-9-4-5-11(21-2)10(14)8-9/h4-8H,3H2,1-2H3,(H,15,16)(H,17,18). The number of halogens is 1. The number of aromatic nitrogens is 2. The molecule has 1 heterocycles. The van der Waals surface area contributed by atoms with Crippen LogP contribution in [0.5, 0.6) is 5.75 Å². The lowest BCUT2D eigenvalue weighted by atomic mass is 10.3. The molecule has 0 atom stereocenters. The van der Waals surface area contributed by atoms with E-state index in [0.717, 1.165) is 0 Å². The van der Waals surface area contributed by atoms with Crippen molar-refractivity contribution in [2.45, 2.75) is 6.92 Å². The SMILES string of the molecule is CCS(=O)(=O)Nc1ccc(Nc2ccc(OC)c(Cl)c2)nn1. The average molecular weight is 343 g/mol. The van der Waals surface area contributed by atoms with E-state index in [1.165, 1.54) is 13.2 Å². The average Bonchev–Trinajstić information content (AvgIpc) is 2.49. The highest BCUT2D eigenvalue weighted by atomic mass is 35.5. The molecule has 0 saturated carbocycles. The van der Waals surface area contributed by atoms with Gasteiger partial charge < -0.3 is 10.1 Å². The van der Waals surface area contributed by atoms with Gasteiger partial charge in [-0.05, 0) is 37.3 Å². The molecule has 2 rings (SSSR count). The molecule has 118 valence electrons. The summed E-state index contributed by atoms with van der Waals surface area (Å²) in [4.78, 5) is 0. The largest absolute Gasteiger partial charge is 0.495 e. The number of nitrogens with zero attached hydrogens (tertiary/aromatic N) is 2. The number of ether oxygens (including phenoxy) is 1. The Hall–Kier alpha value is -2.06. The fourth-order valence-corrected chi connectivity index (χ4v) is 2.41. The van der Waals surface area contributed by atoms with Crippen molar-refractivity contribution in [1.29, 1.82) is 0 Å². The van der Waals surface area contributed by atoms with Gasteiger partial charge >= 0.3 is 0 Å². The molecule has 0 unspecified atom stereocenters. The van der Waals surface area contributed by atoms with Gasteiger partial charge in [-0.15, -0.1) is 10.2 Å². The molecular weight excluding hydrogens is 328 g/mol. The zero-order valence-corrected chi connectivity index (χ0v) is 13.6. The van der Waals surface area contributed by atoms with E-state index < -0.39 is 10.0 Å². The maximum Gasteiger partial charge on any atom is 0.233 e. The molecule has 0 saturated heterocycles. The Morgan fingerprint density at radius 1 is 1.18 bits per heavy atom. The number of methoxy groups -OCH3 is 1. The summed E-state index contributed by atoms with van der Waals surface area (Å²) in [6, 6.07) is 8.32. The molecule has 22 heavy (non-hydrogen) atoms. The van der Waals surface area contributed by atoms with Crippen LogP contribution in [-0.2, 0) is 10.0 Å². The summed E-state index contributed by atoms with van der Waals surface area (Å²) in [5, 5.41) is 11.2. The minimum Gasteiger partial charge on any atom is -0.495 e. The summed E-state index contributed by atoms with van der Waals surface area (Å²) in [6.45, 7) is 1.54. The van der Waals surface area contributed by atoms with Gasteiger partial charge in [-0.2, -0.15) is 0 Å². The Morgan fingerprint density at radius 2 is 1.86 bits per heavy atom. The molecule has 0 radical (unpaired) electrons. The van der Waals surface area contributed by atoms with Crippen molar-refractivity contribution in [3.63, 3.8) is 0 Å². The van der Waals surface area contributed by atoms with Crippen LogP contribution in [0, 0.1) is 0 Å². The monoisotopic (exact) mass is 342 g/mol. The smallest absolute Gasteiger partial charge is 0.233 e. The number of sulfonamides is 1. The van der Waals surface area contributed by atoms with Gasteiger partial charge in [0, 0.05) is 5.69 Å². The van der Waals surface area contributed by atoms with Crippen LogP contribution in [0.1, 0.15) is 6.92 Å². The van der Waals surface area contributed by atoms with Crippen LogP contribution in [0.15, 0.2) is 30.3 Å². The molecule has 9 heteroatoms. The molecular formula is C13H15ClN4O3S. The van der Waals surface area contributed by atoms with Gasteiger partial charge in [-0.3, -0.25) is 4.72 Å². The van der Waals surface area contributed by atoms with E-state index >= 15 is 0 Å². The molecule has 0 fully saturated rings. The first-order chi connectivity index (χ1) is 10.4. The van der Waals surface area contributed by atoms with Crippen molar-refractivity contribution in [3.05, 3.63) is 35.4 Å². The predicted octanol–water partition coefficient (Wildman–Crippen LogP) is 2.64. The highest BCUT2D eigenvalue weighted by Crippen LogP contribution is 2.28. The molecule has 0 spiro atoms. The third-order valence-electron chi connectivity index (χ3n) is 2.73. The zero-order chi connectivity index (χ0) is 16.2. The van der Waals surface area contributed by atoms with E-state index in [1.54, 1.807) is 31.2 Å². The van der Waals surface area contributed by atoms with Gasteiger partial charge in [0.2, 0.25) is 10.0 Å². The van der Waals surface area contributed by atoms with Gasteiger partial charge in [0.25, 0.3) is 0 Å². The number of hydrogen-bond acceptors (Lipinski definition) is 6. The molecule has 7 nitrogen and oxygen atoms in total. The third kappa shape index (κ3) is 4.22. The number of hydrogen-bond donors (Lipinski definition) is 2. The zero-order valence-electron chi connectivity index (χ0n) is 12.0. The van der Waals surface area contributed by atoms with E-state index in [9.17, 15) is 8.42 Å². The molecule has 2 N–H and O–H groups in total. The molecule has 0 aliphatic heterocycles. The lowest BCUT2D eigenvalue weighted by Gasteiger charge is -2.09. The number of rotatable bonds is 6. The van der Waals surface area contributed by atoms with Crippen molar-refractivity contribution >= 4 is 38.9 Å². The second-order valence-electron chi connectivity index (χ2n) is 4.28. The van der Waals surface area contributed by atoms with Crippen molar-refractivity contribution in [3.8, 4) is 5.75 Å². The molecule has 1 aromatic carbocycles. The topological polar surface area (TPSA) is 93.2 Å². The van der Waals surface area contributed by atoms with Crippen molar-refractivity contribution in [2.75, 3.05) is 22.9 Å². The molecule has 1 aromatic heterocycles. The van der Waals surface area contributed by atoms with Gasteiger partial charge in [0.05, 0.1) is 17.9 Å². The highest BCUT2D eigenvalue weighted by molar-refractivity contribution is 7.92. The van der Waals surface area contributed by atoms with E-state index in [1.807, 2.05) is 0 Å². The number of benzene rings is 1. The highest BCUT2D eigenvalue weighted by Gasteiger charge is 2.08. The fraction of sp³-hybridized carbons (Fsp3) is 0.231. The fourth-order valence-electron chi connectivity index (χ4n) is 1.58. The molecule has 2 aromatic rings. The summed E-state index contributed by atoms with van der Waals surface area (Å²) in [5.74, 6) is 1.17.